The van der Waals surface area contributed by atoms with Gasteiger partial charge in [0.15, 0.2) is 11.7 Å². The van der Waals surface area contributed by atoms with Gasteiger partial charge in [0.1, 0.15) is 5.66 Å². The van der Waals surface area contributed by atoms with Crippen molar-refractivity contribution in [3.63, 3.8) is 0 Å². The first-order chi connectivity index (χ1) is 16.8. The summed E-state index contributed by atoms with van der Waals surface area (Å²) in [5, 5.41) is 15.7. The van der Waals surface area contributed by atoms with Crippen LogP contribution in [0.3, 0.4) is 0 Å². The van der Waals surface area contributed by atoms with E-state index in [2.05, 4.69) is 47.8 Å². The number of aryl methyl sites for hydroxylation is 1. The van der Waals surface area contributed by atoms with Crippen LogP contribution in [0.15, 0.2) is 52.7 Å². The summed E-state index contributed by atoms with van der Waals surface area (Å²) in [6, 6.07) is 10.7. The van der Waals surface area contributed by atoms with Crippen molar-refractivity contribution in [3.05, 3.63) is 65.0 Å². The van der Waals surface area contributed by atoms with Crippen molar-refractivity contribution in [2.75, 3.05) is 13.1 Å². The lowest BCUT2D eigenvalue weighted by Gasteiger charge is -2.32. The van der Waals surface area contributed by atoms with Gasteiger partial charge in [0, 0.05) is 25.2 Å². The molecule has 1 aromatic heterocycles. The van der Waals surface area contributed by atoms with Crippen molar-refractivity contribution < 1.29 is 4.79 Å². The normalized spacial score (nSPS) is 19.3. The van der Waals surface area contributed by atoms with Crippen LogP contribution in [0.5, 0.6) is 0 Å². The van der Waals surface area contributed by atoms with Crippen molar-refractivity contribution >= 4 is 17.6 Å². The van der Waals surface area contributed by atoms with E-state index in [1.54, 1.807) is 0 Å². The topological polar surface area (TPSA) is 78.1 Å². The van der Waals surface area contributed by atoms with Gasteiger partial charge in [0.25, 0.3) is 0 Å². The van der Waals surface area contributed by atoms with E-state index < -0.39 is 0 Å². The molecule has 3 aliphatic heterocycles. The maximum absolute atomic E-state index is 13.0. The number of carbonyl (C=O) groups is 1. The summed E-state index contributed by atoms with van der Waals surface area (Å²) in [6.45, 7) is 9.86. The molecule has 0 bridgehead atoms. The predicted octanol–water partition coefficient (Wildman–Crippen LogP) is 3.60. The summed E-state index contributed by atoms with van der Waals surface area (Å²) >= 11 is 0. The molecule has 0 unspecified atom stereocenters. The molecule has 1 N–H and O–H groups in total. The smallest absolute Gasteiger partial charge is 0.222 e. The number of carbonyl (C=O) groups excluding carboxylic acids is 1. The van der Waals surface area contributed by atoms with Crippen molar-refractivity contribution in [1.82, 2.24) is 25.1 Å². The molecule has 184 valence electrons. The average Bonchev–Trinajstić information content (AvgIpc) is 3.32. The molecule has 1 amide bonds. The van der Waals surface area contributed by atoms with E-state index >= 15 is 0 Å². The Kier molecular flexibility index (Phi) is 6.21. The Bertz CT molecular complexity index is 1180. The number of amides is 1. The minimum Gasteiger partial charge on any atom is -0.343 e. The van der Waals surface area contributed by atoms with E-state index in [1.165, 1.54) is 5.56 Å². The second-order valence-corrected chi connectivity index (χ2v) is 10.3. The highest BCUT2D eigenvalue weighted by Crippen LogP contribution is 2.25. The van der Waals surface area contributed by atoms with E-state index in [9.17, 15) is 4.79 Å². The number of aromatic nitrogens is 2. The molecular formula is C27H35N7O. The monoisotopic (exact) mass is 473 g/mol. The van der Waals surface area contributed by atoms with Crippen LogP contribution >= 0.6 is 0 Å². The quantitative estimate of drug-likeness (QED) is 0.720. The largest absolute Gasteiger partial charge is 0.343 e. The number of fused-ring (bicyclic) bond motifs is 1. The number of rotatable bonds is 5. The zero-order chi connectivity index (χ0) is 24.6. The Balaban J connectivity index is 1.19. The van der Waals surface area contributed by atoms with Crippen LogP contribution in [-0.2, 0) is 17.6 Å². The summed E-state index contributed by atoms with van der Waals surface area (Å²) < 4.78 is 1.88. The SMILES string of the molecule is Cc1nn(C2=NN3C(=NNC3(C)C)C=C2)c(C)c1CCC(=O)N1CCC(Cc2ccccc2)CC1. The number of nitrogens with zero attached hydrogens (tertiary/aromatic N) is 6. The number of nitrogens with one attached hydrogen (secondary N) is 1. The number of likely N-dealkylation sites (tertiary alicyclic amines) is 1. The maximum atomic E-state index is 13.0. The summed E-state index contributed by atoms with van der Waals surface area (Å²) in [6.07, 6.45) is 8.36. The highest BCUT2D eigenvalue weighted by molar-refractivity contribution is 6.06. The third-order valence-corrected chi connectivity index (χ3v) is 7.36. The molecule has 1 saturated heterocycles. The van der Waals surface area contributed by atoms with E-state index in [0.29, 0.717) is 18.8 Å². The van der Waals surface area contributed by atoms with Crippen LogP contribution < -0.4 is 5.43 Å². The molecule has 2 aromatic rings. The molecule has 0 spiro atoms. The minimum atomic E-state index is -0.384. The number of amidine groups is 1. The van der Waals surface area contributed by atoms with Gasteiger partial charge in [0.2, 0.25) is 5.91 Å². The molecule has 3 aliphatic rings. The van der Waals surface area contributed by atoms with Crippen LogP contribution in [0.2, 0.25) is 0 Å². The lowest BCUT2D eigenvalue weighted by atomic mass is 9.90. The zero-order valence-corrected chi connectivity index (χ0v) is 21.2. The fraction of sp³-hybridized carbons (Fsp3) is 0.481. The molecule has 5 rings (SSSR count). The van der Waals surface area contributed by atoms with E-state index in [1.807, 2.05) is 47.5 Å². The number of hydrogen-bond acceptors (Lipinski definition) is 6. The minimum absolute atomic E-state index is 0.246. The molecule has 8 heteroatoms. The standard InChI is InChI=1S/C27H35N7O/c1-19-23(20(2)33(29-19)25-12-11-24-28-31-27(3,4)34(24)30-25)10-13-26(35)32-16-14-22(15-17-32)18-21-8-6-5-7-9-21/h5-9,11-12,22,31H,10,13-18H2,1-4H3. The highest BCUT2D eigenvalue weighted by Gasteiger charge is 2.36. The number of allylic oxidation sites excluding steroid dienone is 1. The molecule has 35 heavy (non-hydrogen) atoms. The third-order valence-electron chi connectivity index (χ3n) is 7.36. The molecule has 0 radical (unpaired) electrons. The van der Waals surface area contributed by atoms with Gasteiger partial charge in [-0.3, -0.25) is 10.2 Å². The summed E-state index contributed by atoms with van der Waals surface area (Å²) in [4.78, 5) is 15.1. The second kappa shape index (κ2) is 9.32. The first-order valence-electron chi connectivity index (χ1n) is 12.6. The van der Waals surface area contributed by atoms with Gasteiger partial charge in [-0.25, -0.2) is 9.69 Å². The average molecular weight is 474 g/mol. The fourth-order valence-corrected chi connectivity index (χ4v) is 5.24. The molecule has 4 heterocycles. The molecule has 1 fully saturated rings. The van der Waals surface area contributed by atoms with E-state index in [0.717, 1.165) is 61.0 Å². The first-order valence-corrected chi connectivity index (χ1v) is 12.6. The second-order valence-electron chi connectivity index (χ2n) is 10.3. The Morgan fingerprint density at radius 1 is 1.09 bits per heavy atom. The summed E-state index contributed by atoms with van der Waals surface area (Å²) in [5.74, 6) is 2.45. The fourth-order valence-electron chi connectivity index (χ4n) is 5.24. The van der Waals surface area contributed by atoms with Crippen LogP contribution in [-0.4, -0.2) is 56.0 Å². The van der Waals surface area contributed by atoms with Gasteiger partial charge < -0.3 is 4.90 Å². The van der Waals surface area contributed by atoms with E-state index in [-0.39, 0.29) is 11.6 Å². The van der Waals surface area contributed by atoms with Gasteiger partial charge in [-0.2, -0.15) is 10.2 Å². The van der Waals surface area contributed by atoms with Gasteiger partial charge in [-0.05, 0) is 82.6 Å². The van der Waals surface area contributed by atoms with E-state index in [4.69, 9.17) is 10.2 Å². The molecule has 8 nitrogen and oxygen atoms in total. The van der Waals surface area contributed by atoms with Crippen LogP contribution in [0.25, 0.3) is 0 Å². The Morgan fingerprint density at radius 3 is 2.54 bits per heavy atom. The molecular weight excluding hydrogens is 438 g/mol. The van der Waals surface area contributed by atoms with Crippen molar-refractivity contribution in [3.8, 4) is 0 Å². The maximum Gasteiger partial charge on any atom is 0.222 e. The third kappa shape index (κ3) is 4.74. The summed E-state index contributed by atoms with van der Waals surface area (Å²) in [7, 11) is 0. The molecule has 0 saturated carbocycles. The Labute approximate surface area is 207 Å². The highest BCUT2D eigenvalue weighted by atomic mass is 16.2. The van der Waals surface area contributed by atoms with Crippen LogP contribution in [0.1, 0.15) is 55.6 Å². The number of hydrogen-bond donors (Lipinski definition) is 1. The number of hydrazone groups is 2. The molecule has 0 atom stereocenters. The van der Waals surface area contributed by atoms with Gasteiger partial charge in [-0.15, -0.1) is 5.10 Å². The zero-order valence-electron chi connectivity index (χ0n) is 21.2. The van der Waals surface area contributed by atoms with Crippen molar-refractivity contribution in [2.45, 2.75) is 65.5 Å². The first kappa shape index (κ1) is 23.3. The lowest BCUT2D eigenvalue weighted by Crippen LogP contribution is -2.47. The Hall–Kier alpha value is -3.42. The van der Waals surface area contributed by atoms with Gasteiger partial charge in [-0.1, -0.05) is 30.3 Å². The predicted molar refractivity (Wildman–Crippen MR) is 138 cm³/mol. The van der Waals surface area contributed by atoms with Gasteiger partial charge in [0.05, 0.1) is 5.69 Å². The lowest BCUT2D eigenvalue weighted by molar-refractivity contribution is -0.132. The van der Waals surface area contributed by atoms with Crippen LogP contribution in [0.4, 0.5) is 0 Å². The Morgan fingerprint density at radius 2 is 1.80 bits per heavy atom. The summed E-state index contributed by atoms with van der Waals surface area (Å²) in [5.41, 5.74) is 7.23. The van der Waals surface area contributed by atoms with Gasteiger partial charge >= 0.3 is 0 Å². The van der Waals surface area contributed by atoms with Crippen molar-refractivity contribution in [2.24, 2.45) is 16.1 Å². The molecule has 1 aromatic carbocycles. The van der Waals surface area contributed by atoms with Crippen LogP contribution in [0, 0.1) is 19.8 Å². The number of benzene rings is 1. The number of piperidine rings is 1. The molecule has 0 aliphatic carbocycles. The van der Waals surface area contributed by atoms with Crippen molar-refractivity contribution in [1.29, 1.82) is 0 Å².